The van der Waals surface area contributed by atoms with Gasteiger partial charge in [0, 0.05) is 27.5 Å². The summed E-state index contributed by atoms with van der Waals surface area (Å²) >= 11 is 7.36. The lowest BCUT2D eigenvalue weighted by Crippen LogP contribution is -2.29. The molecule has 0 aromatic heterocycles. The van der Waals surface area contributed by atoms with Gasteiger partial charge in [0.15, 0.2) is 0 Å². The zero-order chi connectivity index (χ0) is 13.8. The second-order valence-electron chi connectivity index (χ2n) is 5.18. The molecule has 2 unspecified atom stereocenters. The van der Waals surface area contributed by atoms with Crippen molar-refractivity contribution in [2.45, 2.75) is 32.7 Å². The molecular weight excluding hydrogens is 370 g/mol. The number of rotatable bonds is 5. The van der Waals surface area contributed by atoms with E-state index in [4.69, 9.17) is 4.74 Å². The molecule has 19 heavy (non-hydrogen) atoms. The highest BCUT2D eigenvalue weighted by Crippen LogP contribution is 2.36. The Morgan fingerprint density at radius 1 is 1.37 bits per heavy atom. The van der Waals surface area contributed by atoms with Crippen molar-refractivity contribution >= 4 is 31.9 Å². The molecule has 2 atom stereocenters. The van der Waals surface area contributed by atoms with Crippen LogP contribution in [0.25, 0.3) is 0 Å². The monoisotopic (exact) mass is 389 g/mol. The van der Waals surface area contributed by atoms with Gasteiger partial charge in [-0.05, 0) is 49.6 Å². The van der Waals surface area contributed by atoms with Crippen LogP contribution in [-0.4, -0.2) is 19.8 Å². The highest BCUT2D eigenvalue weighted by atomic mass is 79.9. The number of nitrogens with one attached hydrogen (secondary N) is 1. The third-order valence-electron chi connectivity index (χ3n) is 3.66. The SMILES string of the molecule is CCCNC(c1cc(Br)c(C)cc1Br)C1CCOC1. The second-order valence-corrected chi connectivity index (χ2v) is 6.89. The Morgan fingerprint density at radius 2 is 2.16 bits per heavy atom. The lowest BCUT2D eigenvalue weighted by molar-refractivity contribution is 0.176. The topological polar surface area (TPSA) is 21.3 Å². The van der Waals surface area contributed by atoms with Crippen molar-refractivity contribution in [3.63, 3.8) is 0 Å². The highest BCUT2D eigenvalue weighted by Gasteiger charge is 2.28. The molecule has 4 heteroatoms. The summed E-state index contributed by atoms with van der Waals surface area (Å²) < 4.78 is 7.93. The zero-order valence-corrected chi connectivity index (χ0v) is 14.7. The molecule has 1 saturated heterocycles. The lowest BCUT2D eigenvalue weighted by atomic mass is 9.91. The van der Waals surface area contributed by atoms with Crippen LogP contribution in [0.5, 0.6) is 0 Å². The van der Waals surface area contributed by atoms with Crippen LogP contribution in [0, 0.1) is 12.8 Å². The molecule has 1 heterocycles. The smallest absolute Gasteiger partial charge is 0.0513 e. The molecule has 0 bridgehead atoms. The van der Waals surface area contributed by atoms with Gasteiger partial charge in [-0.3, -0.25) is 0 Å². The third-order valence-corrected chi connectivity index (χ3v) is 5.20. The molecule has 1 aromatic carbocycles. The maximum absolute atomic E-state index is 5.57. The molecule has 106 valence electrons. The van der Waals surface area contributed by atoms with E-state index >= 15 is 0 Å². The van der Waals surface area contributed by atoms with E-state index < -0.39 is 0 Å². The molecule has 0 aliphatic carbocycles. The number of ether oxygens (including phenoxy) is 1. The fraction of sp³-hybridized carbons (Fsp3) is 0.600. The minimum atomic E-state index is 0.369. The quantitative estimate of drug-likeness (QED) is 0.793. The molecule has 2 rings (SSSR count). The van der Waals surface area contributed by atoms with Crippen LogP contribution < -0.4 is 5.32 Å². The minimum absolute atomic E-state index is 0.369. The van der Waals surface area contributed by atoms with Crippen molar-refractivity contribution in [2.75, 3.05) is 19.8 Å². The summed E-state index contributed by atoms with van der Waals surface area (Å²) in [6.45, 7) is 7.11. The van der Waals surface area contributed by atoms with E-state index in [1.165, 1.54) is 20.1 Å². The Labute approximate surface area is 132 Å². The Hall–Kier alpha value is 0.1000. The first-order valence-electron chi connectivity index (χ1n) is 6.90. The van der Waals surface area contributed by atoms with Gasteiger partial charge in [0.25, 0.3) is 0 Å². The molecule has 0 radical (unpaired) electrons. The van der Waals surface area contributed by atoms with Crippen molar-refractivity contribution in [3.8, 4) is 0 Å². The molecule has 1 N–H and O–H groups in total. The molecule has 2 nitrogen and oxygen atoms in total. The molecule has 0 amide bonds. The zero-order valence-electron chi connectivity index (χ0n) is 11.5. The molecular formula is C15H21Br2NO. The van der Waals surface area contributed by atoms with Gasteiger partial charge in [0.1, 0.15) is 0 Å². The predicted molar refractivity (Wildman–Crippen MR) is 86.5 cm³/mol. The van der Waals surface area contributed by atoms with Crippen molar-refractivity contribution in [1.29, 1.82) is 0 Å². The maximum Gasteiger partial charge on any atom is 0.0513 e. The molecule has 1 fully saturated rings. The highest BCUT2D eigenvalue weighted by molar-refractivity contribution is 9.11. The van der Waals surface area contributed by atoms with Gasteiger partial charge < -0.3 is 10.1 Å². The van der Waals surface area contributed by atoms with E-state index in [2.05, 4.69) is 63.2 Å². The summed E-state index contributed by atoms with van der Waals surface area (Å²) in [5.41, 5.74) is 2.59. The van der Waals surface area contributed by atoms with Crippen LogP contribution in [0.3, 0.4) is 0 Å². The van der Waals surface area contributed by atoms with Crippen molar-refractivity contribution in [2.24, 2.45) is 5.92 Å². The summed E-state index contributed by atoms with van der Waals surface area (Å²) in [6.07, 6.45) is 2.29. The standard InChI is InChI=1S/C15H21Br2NO/c1-3-5-18-15(11-4-6-19-9-11)12-8-13(16)10(2)7-14(12)17/h7-8,11,15,18H,3-6,9H2,1-2H3. The number of hydrogen-bond donors (Lipinski definition) is 1. The molecule has 0 spiro atoms. The molecule has 1 aromatic rings. The molecule has 1 aliphatic heterocycles. The first kappa shape index (κ1) is 15.5. The fourth-order valence-corrected chi connectivity index (χ4v) is 3.61. The van der Waals surface area contributed by atoms with Gasteiger partial charge in [0.05, 0.1) is 6.61 Å². The second kappa shape index (κ2) is 7.21. The van der Waals surface area contributed by atoms with Crippen LogP contribution in [0.15, 0.2) is 21.1 Å². The predicted octanol–water partition coefficient (Wildman–Crippen LogP) is 4.60. The Kier molecular flexibility index (Phi) is 5.87. The Balaban J connectivity index is 2.28. The van der Waals surface area contributed by atoms with Gasteiger partial charge in [0.2, 0.25) is 0 Å². The van der Waals surface area contributed by atoms with Gasteiger partial charge in [-0.15, -0.1) is 0 Å². The average molecular weight is 391 g/mol. The maximum atomic E-state index is 5.57. The molecule has 0 saturated carbocycles. The third kappa shape index (κ3) is 3.81. The van der Waals surface area contributed by atoms with E-state index in [1.807, 2.05) is 0 Å². The number of aryl methyl sites for hydroxylation is 1. The summed E-state index contributed by atoms with van der Waals surface area (Å²) in [5.74, 6) is 0.567. The molecule has 1 aliphatic rings. The van der Waals surface area contributed by atoms with Gasteiger partial charge in [-0.25, -0.2) is 0 Å². The van der Waals surface area contributed by atoms with Crippen LogP contribution in [0.4, 0.5) is 0 Å². The average Bonchev–Trinajstić information content (AvgIpc) is 2.89. The van der Waals surface area contributed by atoms with Gasteiger partial charge in [-0.2, -0.15) is 0 Å². The van der Waals surface area contributed by atoms with Crippen molar-refractivity contribution in [3.05, 3.63) is 32.2 Å². The van der Waals surface area contributed by atoms with Gasteiger partial charge >= 0.3 is 0 Å². The van der Waals surface area contributed by atoms with Crippen molar-refractivity contribution in [1.82, 2.24) is 5.32 Å². The van der Waals surface area contributed by atoms with E-state index in [0.717, 1.165) is 32.6 Å². The van der Waals surface area contributed by atoms with Crippen molar-refractivity contribution < 1.29 is 4.74 Å². The van der Waals surface area contributed by atoms with E-state index in [-0.39, 0.29) is 0 Å². The lowest BCUT2D eigenvalue weighted by Gasteiger charge is -2.26. The number of benzene rings is 1. The van der Waals surface area contributed by atoms with E-state index in [1.54, 1.807) is 0 Å². The van der Waals surface area contributed by atoms with E-state index in [9.17, 15) is 0 Å². The minimum Gasteiger partial charge on any atom is -0.381 e. The first-order valence-corrected chi connectivity index (χ1v) is 8.48. The summed E-state index contributed by atoms with van der Waals surface area (Å²) in [6, 6.07) is 4.80. The summed E-state index contributed by atoms with van der Waals surface area (Å²) in [5, 5.41) is 3.68. The van der Waals surface area contributed by atoms with Crippen LogP contribution in [-0.2, 0) is 4.74 Å². The van der Waals surface area contributed by atoms with Crippen LogP contribution >= 0.6 is 31.9 Å². The van der Waals surface area contributed by atoms with Crippen LogP contribution in [0.1, 0.15) is 36.9 Å². The Morgan fingerprint density at radius 3 is 2.79 bits per heavy atom. The summed E-state index contributed by atoms with van der Waals surface area (Å²) in [7, 11) is 0. The van der Waals surface area contributed by atoms with Gasteiger partial charge in [-0.1, -0.05) is 38.8 Å². The largest absolute Gasteiger partial charge is 0.381 e. The normalized spacial score (nSPS) is 20.7. The van der Waals surface area contributed by atoms with E-state index in [0.29, 0.717) is 12.0 Å². The number of halogens is 2. The number of hydrogen-bond acceptors (Lipinski definition) is 2. The van der Waals surface area contributed by atoms with Crippen LogP contribution in [0.2, 0.25) is 0 Å². The first-order chi connectivity index (χ1) is 9.13. The Bertz CT molecular complexity index is 430. The summed E-state index contributed by atoms with van der Waals surface area (Å²) in [4.78, 5) is 0. The fourth-order valence-electron chi connectivity index (χ4n) is 2.55.